The predicted molar refractivity (Wildman–Crippen MR) is 65.3 cm³/mol. The molecule has 4 nitrogen and oxygen atoms in total. The summed E-state index contributed by atoms with van der Waals surface area (Å²) < 4.78 is 0. The SMILES string of the molecule is CCC(C)(CN)C(=O)Nc1cc(Cl)ccn1. The summed E-state index contributed by atoms with van der Waals surface area (Å²) in [6, 6.07) is 3.26. The number of carbonyl (C=O) groups excluding carboxylic acids is 1. The molecule has 0 fully saturated rings. The van der Waals surface area contributed by atoms with Crippen LogP contribution in [0.2, 0.25) is 5.02 Å². The van der Waals surface area contributed by atoms with Gasteiger partial charge in [-0.1, -0.05) is 18.5 Å². The number of carbonyl (C=O) groups is 1. The van der Waals surface area contributed by atoms with Crippen molar-refractivity contribution < 1.29 is 4.79 Å². The first-order valence-corrected chi connectivity index (χ1v) is 5.52. The smallest absolute Gasteiger partial charge is 0.232 e. The van der Waals surface area contributed by atoms with E-state index in [0.29, 0.717) is 23.8 Å². The lowest BCUT2D eigenvalue weighted by molar-refractivity contribution is -0.124. The van der Waals surface area contributed by atoms with Crippen molar-refractivity contribution in [1.82, 2.24) is 4.98 Å². The van der Waals surface area contributed by atoms with Crippen molar-refractivity contribution >= 4 is 23.3 Å². The Kier molecular flexibility index (Phi) is 4.26. The number of nitrogens with zero attached hydrogens (tertiary/aromatic N) is 1. The highest BCUT2D eigenvalue weighted by Gasteiger charge is 2.29. The number of pyridine rings is 1. The molecule has 0 spiro atoms. The molecule has 0 aliphatic rings. The van der Waals surface area contributed by atoms with Crippen molar-refractivity contribution in [2.75, 3.05) is 11.9 Å². The second-order valence-corrected chi connectivity index (χ2v) is 4.37. The van der Waals surface area contributed by atoms with Crippen LogP contribution in [0.25, 0.3) is 0 Å². The Morgan fingerprint density at radius 1 is 1.69 bits per heavy atom. The Morgan fingerprint density at radius 2 is 2.38 bits per heavy atom. The summed E-state index contributed by atoms with van der Waals surface area (Å²) >= 11 is 5.79. The molecular weight excluding hydrogens is 226 g/mol. The van der Waals surface area contributed by atoms with E-state index >= 15 is 0 Å². The standard InChI is InChI=1S/C11H16ClN3O/c1-3-11(2,7-13)10(16)15-9-6-8(12)4-5-14-9/h4-6H,3,7,13H2,1-2H3,(H,14,15,16). The van der Waals surface area contributed by atoms with Crippen molar-refractivity contribution in [3.63, 3.8) is 0 Å². The maximum absolute atomic E-state index is 11.9. The highest BCUT2D eigenvalue weighted by molar-refractivity contribution is 6.30. The van der Waals surface area contributed by atoms with Gasteiger partial charge in [-0.2, -0.15) is 0 Å². The third kappa shape index (κ3) is 2.93. The Labute approximate surface area is 100 Å². The first-order chi connectivity index (χ1) is 7.51. The number of nitrogens with two attached hydrogens (primary N) is 1. The van der Waals surface area contributed by atoms with Crippen LogP contribution in [0.5, 0.6) is 0 Å². The highest BCUT2D eigenvalue weighted by Crippen LogP contribution is 2.22. The van der Waals surface area contributed by atoms with Gasteiger partial charge in [0, 0.05) is 17.8 Å². The Balaban J connectivity index is 2.78. The molecule has 1 rings (SSSR count). The predicted octanol–water partition coefficient (Wildman–Crippen LogP) is 2.05. The van der Waals surface area contributed by atoms with Crippen LogP contribution in [0, 0.1) is 5.41 Å². The molecule has 0 aliphatic heterocycles. The lowest BCUT2D eigenvalue weighted by atomic mass is 9.87. The number of rotatable bonds is 4. The molecule has 0 saturated carbocycles. The summed E-state index contributed by atoms with van der Waals surface area (Å²) in [5.74, 6) is 0.317. The summed E-state index contributed by atoms with van der Waals surface area (Å²) in [7, 11) is 0. The fourth-order valence-corrected chi connectivity index (χ4v) is 1.30. The summed E-state index contributed by atoms with van der Waals surface area (Å²) in [5, 5.41) is 3.25. The average Bonchev–Trinajstić information content (AvgIpc) is 2.28. The van der Waals surface area contributed by atoms with Gasteiger partial charge in [-0.3, -0.25) is 4.79 Å². The minimum absolute atomic E-state index is 0.132. The van der Waals surface area contributed by atoms with Crippen LogP contribution in [0.1, 0.15) is 20.3 Å². The zero-order valence-corrected chi connectivity index (χ0v) is 10.2. The molecule has 3 N–H and O–H groups in total. The monoisotopic (exact) mass is 241 g/mol. The van der Waals surface area contributed by atoms with Gasteiger partial charge in [0.2, 0.25) is 5.91 Å². The van der Waals surface area contributed by atoms with E-state index < -0.39 is 5.41 Å². The molecule has 1 amide bonds. The zero-order chi connectivity index (χ0) is 12.2. The van der Waals surface area contributed by atoms with E-state index in [4.69, 9.17) is 17.3 Å². The molecule has 5 heteroatoms. The molecular formula is C11H16ClN3O. The normalized spacial score (nSPS) is 14.2. The summed E-state index contributed by atoms with van der Waals surface area (Å²) in [4.78, 5) is 15.9. The van der Waals surface area contributed by atoms with Crippen molar-refractivity contribution in [2.24, 2.45) is 11.1 Å². The molecule has 1 unspecified atom stereocenters. The number of nitrogens with one attached hydrogen (secondary N) is 1. The van der Waals surface area contributed by atoms with Gasteiger partial charge in [-0.05, 0) is 25.5 Å². The van der Waals surface area contributed by atoms with Gasteiger partial charge in [0.25, 0.3) is 0 Å². The van der Waals surface area contributed by atoms with Gasteiger partial charge in [0.1, 0.15) is 5.82 Å². The summed E-state index contributed by atoms with van der Waals surface area (Å²) in [5.41, 5.74) is 5.03. The van der Waals surface area contributed by atoms with E-state index in [0.717, 1.165) is 0 Å². The van der Waals surface area contributed by atoms with Crippen LogP contribution in [-0.2, 0) is 4.79 Å². The van der Waals surface area contributed by atoms with Crippen LogP contribution in [0.4, 0.5) is 5.82 Å². The van der Waals surface area contributed by atoms with Gasteiger partial charge >= 0.3 is 0 Å². The molecule has 0 radical (unpaired) electrons. The van der Waals surface area contributed by atoms with E-state index in [1.54, 1.807) is 18.3 Å². The second kappa shape index (κ2) is 5.27. The quantitative estimate of drug-likeness (QED) is 0.848. The first-order valence-electron chi connectivity index (χ1n) is 5.15. The molecule has 1 aromatic heterocycles. The number of hydrogen-bond donors (Lipinski definition) is 2. The third-order valence-electron chi connectivity index (χ3n) is 2.74. The van der Waals surface area contributed by atoms with Crippen LogP contribution in [0.15, 0.2) is 18.3 Å². The largest absolute Gasteiger partial charge is 0.329 e. The van der Waals surface area contributed by atoms with Crippen molar-refractivity contribution in [3.05, 3.63) is 23.4 Å². The fraction of sp³-hybridized carbons (Fsp3) is 0.455. The minimum Gasteiger partial charge on any atom is -0.329 e. The zero-order valence-electron chi connectivity index (χ0n) is 9.46. The molecule has 16 heavy (non-hydrogen) atoms. The van der Waals surface area contributed by atoms with Gasteiger partial charge in [-0.25, -0.2) is 4.98 Å². The lowest BCUT2D eigenvalue weighted by Crippen LogP contribution is -2.39. The van der Waals surface area contributed by atoms with E-state index in [1.165, 1.54) is 0 Å². The van der Waals surface area contributed by atoms with Crippen molar-refractivity contribution in [1.29, 1.82) is 0 Å². The van der Waals surface area contributed by atoms with E-state index in [-0.39, 0.29) is 5.91 Å². The molecule has 0 saturated heterocycles. The number of amides is 1. The fourth-order valence-electron chi connectivity index (χ4n) is 1.14. The minimum atomic E-state index is -0.565. The molecule has 0 bridgehead atoms. The van der Waals surface area contributed by atoms with Gasteiger partial charge in [0.15, 0.2) is 0 Å². The van der Waals surface area contributed by atoms with Gasteiger partial charge < -0.3 is 11.1 Å². The maximum atomic E-state index is 11.9. The Bertz CT molecular complexity index is 377. The molecule has 0 aromatic carbocycles. The second-order valence-electron chi connectivity index (χ2n) is 3.93. The van der Waals surface area contributed by atoms with Gasteiger partial charge in [-0.15, -0.1) is 0 Å². The number of anilines is 1. The summed E-state index contributed by atoms with van der Waals surface area (Å²) in [6.07, 6.45) is 2.22. The molecule has 88 valence electrons. The number of halogens is 1. The van der Waals surface area contributed by atoms with Crippen LogP contribution in [-0.4, -0.2) is 17.4 Å². The average molecular weight is 242 g/mol. The van der Waals surface area contributed by atoms with E-state index in [2.05, 4.69) is 10.3 Å². The first kappa shape index (κ1) is 12.9. The van der Waals surface area contributed by atoms with Crippen LogP contribution in [0.3, 0.4) is 0 Å². The summed E-state index contributed by atoms with van der Waals surface area (Å²) in [6.45, 7) is 4.06. The van der Waals surface area contributed by atoms with Crippen molar-refractivity contribution in [2.45, 2.75) is 20.3 Å². The Morgan fingerprint density at radius 3 is 2.88 bits per heavy atom. The number of aromatic nitrogens is 1. The topological polar surface area (TPSA) is 68.0 Å². The molecule has 1 aromatic rings. The van der Waals surface area contributed by atoms with Gasteiger partial charge in [0.05, 0.1) is 5.41 Å². The third-order valence-corrected chi connectivity index (χ3v) is 2.98. The number of hydrogen-bond acceptors (Lipinski definition) is 3. The lowest BCUT2D eigenvalue weighted by Gasteiger charge is -2.24. The van der Waals surface area contributed by atoms with Crippen LogP contribution < -0.4 is 11.1 Å². The molecule has 1 atom stereocenters. The maximum Gasteiger partial charge on any atom is 0.232 e. The van der Waals surface area contributed by atoms with E-state index in [1.807, 2.05) is 13.8 Å². The Hall–Kier alpha value is -1.13. The van der Waals surface area contributed by atoms with Crippen LogP contribution >= 0.6 is 11.6 Å². The molecule has 0 aliphatic carbocycles. The highest BCUT2D eigenvalue weighted by atomic mass is 35.5. The van der Waals surface area contributed by atoms with E-state index in [9.17, 15) is 4.79 Å². The van der Waals surface area contributed by atoms with Crippen molar-refractivity contribution in [3.8, 4) is 0 Å². The molecule has 1 heterocycles.